The quantitative estimate of drug-likeness (QED) is 0.383. The highest BCUT2D eigenvalue weighted by Gasteiger charge is 2.18. The number of hydrogen-bond acceptors (Lipinski definition) is 8. The second-order valence-corrected chi connectivity index (χ2v) is 10.8. The number of hydrogen-bond donors (Lipinski definition) is 0. The molecule has 0 bridgehead atoms. The van der Waals surface area contributed by atoms with E-state index in [1.165, 1.54) is 0 Å². The molecular weight excluding hydrogens is 499 g/mol. The number of nitrogens with zero attached hydrogens (tertiary/aromatic N) is 4. The first-order chi connectivity index (χ1) is 16.1. The zero-order valence-electron chi connectivity index (χ0n) is 18.7. The molecule has 3 heterocycles. The van der Waals surface area contributed by atoms with Crippen LogP contribution in [0.4, 0.5) is 5.95 Å². The Labute approximate surface area is 209 Å². The number of benzene rings is 1. The van der Waals surface area contributed by atoms with E-state index >= 15 is 0 Å². The topological polar surface area (TPSA) is 94.5 Å². The van der Waals surface area contributed by atoms with Gasteiger partial charge < -0.3 is 9.64 Å². The highest BCUT2D eigenvalue weighted by atomic mass is 35.5. The average molecular weight is 523 g/mol. The Morgan fingerprint density at radius 2 is 1.68 bits per heavy atom. The van der Waals surface area contributed by atoms with Crippen LogP contribution in [0.25, 0.3) is 11.3 Å². The molecule has 1 saturated heterocycles. The number of halogens is 2. The molecule has 11 heteroatoms. The van der Waals surface area contributed by atoms with Crippen molar-refractivity contribution in [2.45, 2.75) is 26.4 Å². The lowest BCUT2D eigenvalue weighted by Crippen LogP contribution is -2.33. The van der Waals surface area contributed by atoms with Crippen molar-refractivity contribution in [3.05, 3.63) is 58.3 Å². The summed E-state index contributed by atoms with van der Waals surface area (Å²) in [6.07, 6.45) is 6.41. The molecule has 0 N–H and O–H groups in total. The lowest BCUT2D eigenvalue weighted by molar-refractivity contribution is 0.311. The molecule has 8 nitrogen and oxygen atoms in total. The minimum absolute atomic E-state index is 0.179. The SMILES string of the molecule is CC1CCN(c2ncc(Oc3cc(COS(C)(=O)=O)cc(-c4cc(Cl)cc(Cl)c4)n3)cn2)CC1. The van der Waals surface area contributed by atoms with Crippen LogP contribution in [0.2, 0.25) is 10.0 Å². The van der Waals surface area contributed by atoms with Crippen molar-refractivity contribution in [2.24, 2.45) is 5.92 Å². The molecule has 180 valence electrons. The third-order valence-corrected chi connectivity index (χ3v) is 6.35. The summed E-state index contributed by atoms with van der Waals surface area (Å²) in [5.41, 5.74) is 1.69. The molecular formula is C23H24Cl2N4O4S. The minimum Gasteiger partial charge on any atom is -0.436 e. The lowest BCUT2D eigenvalue weighted by Gasteiger charge is -2.30. The Bertz CT molecular complexity index is 1240. The molecule has 34 heavy (non-hydrogen) atoms. The maximum atomic E-state index is 11.5. The number of aromatic nitrogens is 3. The van der Waals surface area contributed by atoms with E-state index in [4.69, 9.17) is 32.1 Å². The van der Waals surface area contributed by atoms with Crippen LogP contribution in [0.1, 0.15) is 25.3 Å². The first kappa shape index (κ1) is 24.7. The van der Waals surface area contributed by atoms with Gasteiger partial charge in [-0.25, -0.2) is 15.0 Å². The third kappa shape index (κ3) is 6.79. The van der Waals surface area contributed by atoms with Crippen molar-refractivity contribution in [1.29, 1.82) is 0 Å². The molecule has 0 spiro atoms. The fourth-order valence-electron chi connectivity index (χ4n) is 3.57. The van der Waals surface area contributed by atoms with E-state index in [9.17, 15) is 8.42 Å². The van der Waals surface area contributed by atoms with E-state index in [0.29, 0.717) is 44.5 Å². The summed E-state index contributed by atoms with van der Waals surface area (Å²) < 4.78 is 33.8. The zero-order valence-corrected chi connectivity index (χ0v) is 21.1. The third-order valence-electron chi connectivity index (χ3n) is 5.36. The smallest absolute Gasteiger partial charge is 0.264 e. The Morgan fingerprint density at radius 1 is 1.03 bits per heavy atom. The van der Waals surface area contributed by atoms with Crippen molar-refractivity contribution in [1.82, 2.24) is 15.0 Å². The fourth-order valence-corrected chi connectivity index (χ4v) is 4.45. The van der Waals surface area contributed by atoms with Crippen LogP contribution in [0.15, 0.2) is 42.7 Å². The van der Waals surface area contributed by atoms with Crippen LogP contribution < -0.4 is 9.64 Å². The van der Waals surface area contributed by atoms with E-state index in [1.807, 2.05) is 0 Å². The van der Waals surface area contributed by atoms with Crippen molar-refractivity contribution in [2.75, 3.05) is 24.2 Å². The van der Waals surface area contributed by atoms with Crippen LogP contribution in [0, 0.1) is 5.92 Å². The largest absolute Gasteiger partial charge is 0.436 e. The highest BCUT2D eigenvalue weighted by molar-refractivity contribution is 7.85. The molecule has 0 amide bonds. The lowest BCUT2D eigenvalue weighted by atomic mass is 10.00. The summed E-state index contributed by atoms with van der Waals surface area (Å²) in [6.45, 7) is 3.93. The summed E-state index contributed by atoms with van der Waals surface area (Å²) in [5, 5.41) is 0.890. The van der Waals surface area contributed by atoms with Crippen molar-refractivity contribution in [3.8, 4) is 22.9 Å². The average Bonchev–Trinajstić information content (AvgIpc) is 2.78. The summed E-state index contributed by atoms with van der Waals surface area (Å²) in [7, 11) is -3.63. The summed E-state index contributed by atoms with van der Waals surface area (Å²) in [5.74, 6) is 2.01. The zero-order chi connectivity index (χ0) is 24.3. The molecule has 1 fully saturated rings. The van der Waals surface area contributed by atoms with Crippen LogP contribution in [0.5, 0.6) is 11.6 Å². The molecule has 1 aliphatic heterocycles. The van der Waals surface area contributed by atoms with Crippen molar-refractivity contribution < 1.29 is 17.3 Å². The van der Waals surface area contributed by atoms with Gasteiger partial charge in [-0.05, 0) is 48.6 Å². The van der Waals surface area contributed by atoms with E-state index in [-0.39, 0.29) is 12.5 Å². The van der Waals surface area contributed by atoms with Gasteiger partial charge in [0.15, 0.2) is 5.75 Å². The molecule has 0 aliphatic carbocycles. The Hall–Kier alpha value is -2.46. The van der Waals surface area contributed by atoms with Gasteiger partial charge in [0, 0.05) is 34.8 Å². The first-order valence-electron chi connectivity index (χ1n) is 10.7. The van der Waals surface area contributed by atoms with Gasteiger partial charge in [-0.2, -0.15) is 8.42 Å². The van der Waals surface area contributed by atoms with Gasteiger partial charge in [-0.3, -0.25) is 4.18 Å². The predicted octanol–water partition coefficient (Wildman–Crippen LogP) is 5.35. The molecule has 0 unspecified atom stereocenters. The van der Waals surface area contributed by atoms with Gasteiger partial charge in [-0.1, -0.05) is 30.1 Å². The molecule has 3 aromatic rings. The number of rotatable bonds is 7. The van der Waals surface area contributed by atoms with Crippen LogP contribution in [-0.2, 0) is 20.9 Å². The van der Waals surface area contributed by atoms with Crippen LogP contribution >= 0.6 is 23.2 Å². The first-order valence-corrected chi connectivity index (χ1v) is 13.3. The normalized spacial score (nSPS) is 14.9. The van der Waals surface area contributed by atoms with Gasteiger partial charge in [0.25, 0.3) is 10.1 Å². The van der Waals surface area contributed by atoms with Crippen molar-refractivity contribution >= 4 is 39.3 Å². The maximum Gasteiger partial charge on any atom is 0.264 e. The molecule has 4 rings (SSSR count). The Balaban J connectivity index is 1.59. The summed E-state index contributed by atoms with van der Waals surface area (Å²) >= 11 is 12.3. The monoisotopic (exact) mass is 522 g/mol. The van der Waals surface area contributed by atoms with Crippen molar-refractivity contribution in [3.63, 3.8) is 0 Å². The fraction of sp³-hybridized carbons (Fsp3) is 0.348. The number of anilines is 1. The van der Waals surface area contributed by atoms with Gasteiger partial charge >= 0.3 is 0 Å². The molecule has 0 saturated carbocycles. The van der Waals surface area contributed by atoms with E-state index in [0.717, 1.165) is 32.2 Å². The number of ether oxygens (including phenoxy) is 1. The van der Waals surface area contributed by atoms with E-state index in [2.05, 4.69) is 26.8 Å². The standard InChI is InChI=1S/C23H24Cl2N4O4S/c1-15-3-5-29(6-4-15)23-26-12-20(13-27-23)33-22-8-16(14-32-34(2,30)31)7-21(28-22)17-9-18(24)11-19(25)10-17/h7-13,15H,3-6,14H2,1-2H3. The van der Waals surface area contributed by atoms with E-state index in [1.54, 1.807) is 42.7 Å². The molecule has 2 aromatic heterocycles. The maximum absolute atomic E-state index is 11.5. The summed E-state index contributed by atoms with van der Waals surface area (Å²) in [4.78, 5) is 15.6. The second kappa shape index (κ2) is 10.4. The molecule has 0 radical (unpaired) electrons. The van der Waals surface area contributed by atoms with Crippen LogP contribution in [-0.4, -0.2) is 42.7 Å². The molecule has 1 aliphatic rings. The minimum atomic E-state index is -3.63. The van der Waals surface area contributed by atoms with Gasteiger partial charge in [0.2, 0.25) is 11.8 Å². The predicted molar refractivity (Wildman–Crippen MR) is 132 cm³/mol. The number of pyridine rings is 1. The van der Waals surface area contributed by atoms with Gasteiger partial charge in [0.1, 0.15) is 0 Å². The van der Waals surface area contributed by atoms with E-state index < -0.39 is 10.1 Å². The Morgan fingerprint density at radius 3 is 2.29 bits per heavy atom. The molecule has 1 aromatic carbocycles. The van der Waals surface area contributed by atoms with Gasteiger partial charge in [0.05, 0.1) is 31.0 Å². The Kier molecular flexibility index (Phi) is 7.57. The van der Waals surface area contributed by atoms with Gasteiger partial charge in [-0.15, -0.1) is 0 Å². The molecule has 0 atom stereocenters. The van der Waals surface area contributed by atoms with Crippen LogP contribution in [0.3, 0.4) is 0 Å². The second-order valence-electron chi connectivity index (χ2n) is 8.31. The number of piperidine rings is 1. The highest BCUT2D eigenvalue weighted by Crippen LogP contribution is 2.30. The summed E-state index contributed by atoms with van der Waals surface area (Å²) in [6, 6.07) is 8.32.